The van der Waals surface area contributed by atoms with E-state index in [1.807, 2.05) is 31.4 Å². The molecule has 0 saturated carbocycles. The molecular formula is C17H24N4O3. The maximum absolute atomic E-state index is 12.1. The van der Waals surface area contributed by atoms with Gasteiger partial charge in [0, 0.05) is 32.4 Å². The van der Waals surface area contributed by atoms with Gasteiger partial charge in [-0.3, -0.25) is 4.68 Å². The van der Waals surface area contributed by atoms with E-state index < -0.39 is 0 Å². The first-order valence-corrected chi connectivity index (χ1v) is 7.71. The van der Waals surface area contributed by atoms with Crippen molar-refractivity contribution in [2.75, 3.05) is 27.8 Å². The molecule has 2 amide bonds. The van der Waals surface area contributed by atoms with Crippen molar-refractivity contribution in [1.82, 2.24) is 20.0 Å². The van der Waals surface area contributed by atoms with E-state index in [1.54, 1.807) is 37.0 Å². The summed E-state index contributed by atoms with van der Waals surface area (Å²) in [6, 6.07) is 5.64. The Morgan fingerprint density at radius 1 is 1.25 bits per heavy atom. The van der Waals surface area contributed by atoms with Crippen LogP contribution >= 0.6 is 0 Å². The van der Waals surface area contributed by atoms with Crippen molar-refractivity contribution in [3.63, 3.8) is 0 Å². The molecule has 7 nitrogen and oxygen atoms in total. The molecular weight excluding hydrogens is 308 g/mol. The van der Waals surface area contributed by atoms with Gasteiger partial charge < -0.3 is 19.7 Å². The van der Waals surface area contributed by atoms with Crippen LogP contribution in [0.25, 0.3) is 0 Å². The summed E-state index contributed by atoms with van der Waals surface area (Å²) in [4.78, 5) is 13.7. The van der Waals surface area contributed by atoms with E-state index in [9.17, 15) is 4.79 Å². The van der Waals surface area contributed by atoms with Crippen LogP contribution < -0.4 is 14.8 Å². The fourth-order valence-electron chi connectivity index (χ4n) is 2.38. The number of aromatic nitrogens is 2. The molecule has 1 heterocycles. The monoisotopic (exact) mass is 332 g/mol. The molecule has 0 fully saturated rings. The smallest absolute Gasteiger partial charge is 0.317 e. The van der Waals surface area contributed by atoms with Gasteiger partial charge in [0.25, 0.3) is 0 Å². The zero-order valence-electron chi connectivity index (χ0n) is 14.6. The average molecular weight is 332 g/mol. The predicted octanol–water partition coefficient (Wildman–Crippen LogP) is 1.82. The number of amides is 2. The fraction of sp³-hybridized carbons (Fsp3) is 0.412. The molecule has 0 aliphatic rings. The molecule has 2 rings (SSSR count). The van der Waals surface area contributed by atoms with E-state index in [1.165, 1.54) is 0 Å². The fourth-order valence-corrected chi connectivity index (χ4v) is 2.38. The van der Waals surface area contributed by atoms with E-state index in [4.69, 9.17) is 9.47 Å². The van der Waals surface area contributed by atoms with Crippen LogP contribution in [0.2, 0.25) is 0 Å². The predicted molar refractivity (Wildman–Crippen MR) is 91.3 cm³/mol. The van der Waals surface area contributed by atoms with Crippen molar-refractivity contribution in [3.8, 4) is 11.5 Å². The number of aryl methyl sites for hydroxylation is 1. The lowest BCUT2D eigenvalue weighted by Crippen LogP contribution is -2.37. The number of urea groups is 1. The van der Waals surface area contributed by atoms with Crippen LogP contribution in [0.15, 0.2) is 30.6 Å². The largest absolute Gasteiger partial charge is 0.493 e. The van der Waals surface area contributed by atoms with Gasteiger partial charge in [0.15, 0.2) is 11.5 Å². The summed E-state index contributed by atoms with van der Waals surface area (Å²) in [5.41, 5.74) is 2.07. The number of ether oxygens (including phenoxy) is 2. The highest BCUT2D eigenvalue weighted by atomic mass is 16.5. The molecule has 0 aliphatic heterocycles. The third-order valence-corrected chi connectivity index (χ3v) is 3.66. The maximum Gasteiger partial charge on any atom is 0.317 e. The second-order valence-electron chi connectivity index (χ2n) is 5.55. The molecule has 2 aromatic rings. The first kappa shape index (κ1) is 17.7. The van der Waals surface area contributed by atoms with Crippen molar-refractivity contribution in [2.45, 2.75) is 13.0 Å². The molecule has 7 heteroatoms. The molecule has 1 aromatic carbocycles. The summed E-state index contributed by atoms with van der Waals surface area (Å²) in [7, 11) is 6.83. The van der Waals surface area contributed by atoms with Crippen molar-refractivity contribution >= 4 is 6.03 Å². The van der Waals surface area contributed by atoms with Crippen LogP contribution in [-0.4, -0.2) is 48.5 Å². The van der Waals surface area contributed by atoms with Crippen LogP contribution in [0.1, 0.15) is 11.1 Å². The van der Waals surface area contributed by atoms with E-state index in [-0.39, 0.29) is 6.03 Å². The summed E-state index contributed by atoms with van der Waals surface area (Å²) in [5.74, 6) is 1.39. The molecule has 1 N–H and O–H groups in total. The molecule has 24 heavy (non-hydrogen) atoms. The average Bonchev–Trinajstić information content (AvgIpc) is 2.99. The highest BCUT2D eigenvalue weighted by Crippen LogP contribution is 2.27. The molecule has 0 aliphatic carbocycles. The number of rotatable bonds is 7. The molecule has 0 radical (unpaired) electrons. The Hall–Kier alpha value is -2.70. The van der Waals surface area contributed by atoms with Crippen molar-refractivity contribution in [1.29, 1.82) is 0 Å². The zero-order valence-corrected chi connectivity index (χ0v) is 14.6. The summed E-state index contributed by atoms with van der Waals surface area (Å²) >= 11 is 0. The lowest BCUT2D eigenvalue weighted by Gasteiger charge is -2.17. The Balaban J connectivity index is 1.81. The molecule has 0 spiro atoms. The molecule has 0 atom stereocenters. The lowest BCUT2D eigenvalue weighted by atomic mass is 10.1. The van der Waals surface area contributed by atoms with Crippen molar-refractivity contribution < 1.29 is 14.3 Å². The molecule has 0 saturated heterocycles. The number of carbonyl (C=O) groups excluding carboxylic acids is 1. The Bertz CT molecular complexity index is 684. The van der Waals surface area contributed by atoms with Crippen LogP contribution in [0.5, 0.6) is 11.5 Å². The Morgan fingerprint density at radius 2 is 2.00 bits per heavy atom. The van der Waals surface area contributed by atoms with Crippen LogP contribution in [-0.2, 0) is 20.0 Å². The quantitative estimate of drug-likeness (QED) is 0.840. The highest BCUT2D eigenvalue weighted by molar-refractivity contribution is 5.73. The van der Waals surface area contributed by atoms with E-state index in [0.717, 1.165) is 11.1 Å². The van der Waals surface area contributed by atoms with Crippen LogP contribution in [0.3, 0.4) is 0 Å². The molecule has 0 unspecified atom stereocenters. The first-order valence-electron chi connectivity index (χ1n) is 7.71. The summed E-state index contributed by atoms with van der Waals surface area (Å²) < 4.78 is 12.2. The highest BCUT2D eigenvalue weighted by Gasteiger charge is 2.10. The molecule has 1 aromatic heterocycles. The van der Waals surface area contributed by atoms with Gasteiger partial charge in [0.1, 0.15) is 0 Å². The number of carbonyl (C=O) groups is 1. The maximum atomic E-state index is 12.1. The standard InChI is InChI=1S/C17H24N4O3/c1-20(11-14-10-19-21(2)12-14)17(22)18-8-7-13-5-6-15(23-3)16(9-13)24-4/h5-6,9-10,12H,7-8,11H2,1-4H3,(H,18,22). The number of benzene rings is 1. The van der Waals surface area contributed by atoms with Crippen LogP contribution in [0, 0.1) is 0 Å². The normalized spacial score (nSPS) is 10.3. The van der Waals surface area contributed by atoms with E-state index in [0.29, 0.717) is 31.0 Å². The Morgan fingerprint density at radius 3 is 2.62 bits per heavy atom. The number of methoxy groups -OCH3 is 2. The van der Waals surface area contributed by atoms with E-state index >= 15 is 0 Å². The summed E-state index contributed by atoms with van der Waals surface area (Å²) in [6.45, 7) is 1.07. The zero-order chi connectivity index (χ0) is 17.5. The molecule has 0 bridgehead atoms. The number of nitrogens with zero attached hydrogens (tertiary/aromatic N) is 3. The minimum atomic E-state index is -0.112. The van der Waals surface area contributed by atoms with Gasteiger partial charge in [-0.05, 0) is 24.1 Å². The van der Waals surface area contributed by atoms with Gasteiger partial charge in [0.05, 0.1) is 27.0 Å². The minimum Gasteiger partial charge on any atom is -0.493 e. The van der Waals surface area contributed by atoms with Gasteiger partial charge in [-0.2, -0.15) is 5.10 Å². The van der Waals surface area contributed by atoms with Gasteiger partial charge >= 0.3 is 6.03 Å². The van der Waals surface area contributed by atoms with Crippen molar-refractivity contribution in [3.05, 3.63) is 41.7 Å². The number of hydrogen-bond acceptors (Lipinski definition) is 4. The van der Waals surface area contributed by atoms with E-state index in [2.05, 4.69) is 10.4 Å². The van der Waals surface area contributed by atoms with Crippen molar-refractivity contribution in [2.24, 2.45) is 7.05 Å². The SMILES string of the molecule is COc1ccc(CCNC(=O)N(C)Cc2cnn(C)c2)cc1OC. The summed E-state index contributed by atoms with van der Waals surface area (Å²) in [6.07, 6.45) is 4.37. The number of hydrogen-bond donors (Lipinski definition) is 1. The van der Waals surface area contributed by atoms with Gasteiger partial charge in [-0.1, -0.05) is 6.07 Å². The molecule has 130 valence electrons. The third-order valence-electron chi connectivity index (χ3n) is 3.66. The lowest BCUT2D eigenvalue weighted by molar-refractivity contribution is 0.207. The van der Waals surface area contributed by atoms with Gasteiger partial charge in [-0.25, -0.2) is 4.79 Å². The second kappa shape index (κ2) is 8.24. The minimum absolute atomic E-state index is 0.112. The Labute approximate surface area is 142 Å². The number of nitrogens with one attached hydrogen (secondary N) is 1. The third kappa shape index (κ3) is 4.65. The van der Waals surface area contributed by atoms with Gasteiger partial charge in [0.2, 0.25) is 0 Å². The van der Waals surface area contributed by atoms with Gasteiger partial charge in [-0.15, -0.1) is 0 Å². The topological polar surface area (TPSA) is 68.6 Å². The Kier molecular flexibility index (Phi) is 6.06. The first-order chi connectivity index (χ1) is 11.5. The second-order valence-corrected chi connectivity index (χ2v) is 5.55. The summed E-state index contributed by atoms with van der Waals surface area (Å²) in [5, 5.41) is 7.01. The van der Waals surface area contributed by atoms with Crippen LogP contribution in [0.4, 0.5) is 4.79 Å².